The van der Waals surface area contributed by atoms with Crippen LogP contribution < -0.4 is 4.74 Å². The fraction of sp³-hybridized carbons (Fsp3) is 0.292. The maximum absolute atomic E-state index is 13.4. The van der Waals surface area contributed by atoms with Gasteiger partial charge in [0, 0.05) is 29.1 Å². The number of nitrogens with one attached hydrogen (secondary N) is 1. The Balaban J connectivity index is 1.61. The summed E-state index contributed by atoms with van der Waals surface area (Å²) in [5, 5.41) is 11.6. The molecule has 3 heterocycles. The number of rotatable bonds is 2. The van der Waals surface area contributed by atoms with Gasteiger partial charge in [0.1, 0.15) is 5.75 Å². The summed E-state index contributed by atoms with van der Waals surface area (Å²) in [7, 11) is 1.64. The molecule has 1 fully saturated rings. The number of aromatic nitrogens is 1. The van der Waals surface area contributed by atoms with Crippen LogP contribution in [0.25, 0.3) is 10.9 Å². The Hall–Kier alpha value is -3.21. The molecule has 0 unspecified atom stereocenters. The second-order valence-electron chi connectivity index (χ2n) is 7.89. The highest BCUT2D eigenvalue weighted by Crippen LogP contribution is 2.47. The zero-order valence-electron chi connectivity index (χ0n) is 16.6. The molecular weight excluding hydrogens is 364 g/mol. The third kappa shape index (κ3) is 2.72. The Morgan fingerprint density at radius 2 is 1.93 bits per heavy atom. The Bertz CT molecular complexity index is 1120. The van der Waals surface area contributed by atoms with E-state index in [1.165, 1.54) is 10.9 Å². The van der Waals surface area contributed by atoms with Gasteiger partial charge >= 0.3 is 0 Å². The Labute approximate surface area is 169 Å². The van der Waals surface area contributed by atoms with Crippen LogP contribution in [0.5, 0.6) is 5.75 Å². The number of methoxy groups -OCH3 is 1. The second-order valence-corrected chi connectivity index (χ2v) is 7.89. The van der Waals surface area contributed by atoms with E-state index in [2.05, 4.69) is 23.2 Å². The molecule has 0 radical (unpaired) electrons. The number of ether oxygens (including phenoxy) is 1. The lowest BCUT2D eigenvalue weighted by atomic mass is 9.77. The number of piperidine rings is 1. The normalized spacial score (nSPS) is 23.0. The molecule has 148 valence electrons. The number of nitrogens with zero attached hydrogens (tertiary/aromatic N) is 1. The fourth-order valence-corrected chi connectivity index (χ4v) is 5.00. The number of aromatic amines is 1. The summed E-state index contributed by atoms with van der Waals surface area (Å²) < 4.78 is 5.28. The van der Waals surface area contributed by atoms with E-state index in [0.717, 1.165) is 35.4 Å². The van der Waals surface area contributed by atoms with Crippen LogP contribution in [0.2, 0.25) is 0 Å². The van der Waals surface area contributed by atoms with Crippen LogP contribution in [0.4, 0.5) is 0 Å². The number of aliphatic hydroxyl groups excluding tert-OH is 1. The van der Waals surface area contributed by atoms with Crippen molar-refractivity contribution < 1.29 is 14.6 Å². The lowest BCUT2D eigenvalue weighted by molar-refractivity contribution is -0.133. The molecule has 2 atom stereocenters. The SMILES string of the molecule is COc1ccc([C@@H]2C[C@H]3c4[nH]c5ccccc5c4CCN3C(=O)/C2=C(/C)O)cc1. The first-order valence-corrected chi connectivity index (χ1v) is 10.0. The van der Waals surface area contributed by atoms with Gasteiger partial charge in [0.2, 0.25) is 0 Å². The van der Waals surface area contributed by atoms with Gasteiger partial charge in [0.05, 0.1) is 24.5 Å². The number of hydrogen-bond donors (Lipinski definition) is 2. The van der Waals surface area contributed by atoms with E-state index in [4.69, 9.17) is 4.74 Å². The number of para-hydroxylation sites is 1. The third-order valence-corrected chi connectivity index (χ3v) is 6.37. The largest absolute Gasteiger partial charge is 0.512 e. The molecule has 2 aromatic carbocycles. The maximum Gasteiger partial charge on any atom is 0.254 e. The van der Waals surface area contributed by atoms with E-state index in [1.54, 1.807) is 14.0 Å². The molecule has 0 saturated carbocycles. The summed E-state index contributed by atoms with van der Waals surface area (Å²) >= 11 is 0. The van der Waals surface area contributed by atoms with Gasteiger partial charge in [-0.1, -0.05) is 30.3 Å². The Morgan fingerprint density at radius 3 is 2.66 bits per heavy atom. The summed E-state index contributed by atoms with van der Waals surface area (Å²) in [4.78, 5) is 18.9. The van der Waals surface area contributed by atoms with Crippen LogP contribution in [0.15, 0.2) is 59.9 Å². The first kappa shape index (κ1) is 17.9. The molecule has 0 spiro atoms. The molecule has 5 rings (SSSR count). The zero-order chi connectivity index (χ0) is 20.1. The molecule has 2 aliphatic rings. The molecule has 0 bridgehead atoms. The minimum absolute atomic E-state index is 0.0196. The van der Waals surface area contributed by atoms with Crippen LogP contribution in [0.3, 0.4) is 0 Å². The smallest absolute Gasteiger partial charge is 0.254 e. The van der Waals surface area contributed by atoms with Crippen molar-refractivity contribution in [3.63, 3.8) is 0 Å². The monoisotopic (exact) mass is 388 g/mol. The van der Waals surface area contributed by atoms with Gasteiger partial charge in [-0.3, -0.25) is 4.79 Å². The fourth-order valence-electron chi connectivity index (χ4n) is 5.00. The number of amides is 1. The van der Waals surface area contributed by atoms with Gasteiger partial charge in [-0.25, -0.2) is 0 Å². The number of benzene rings is 2. The standard InChI is InChI=1S/C24H24N2O3/c1-14(27)22-19(15-7-9-16(29-2)10-8-15)13-21-23-18(11-12-26(21)24(22)28)17-5-3-4-6-20(17)25-23/h3-10,19,21,25,27H,11-13H2,1-2H3/b22-14-/t19-,21-/m0/s1. The predicted octanol–water partition coefficient (Wildman–Crippen LogP) is 4.62. The van der Waals surface area contributed by atoms with Crippen LogP contribution in [-0.4, -0.2) is 34.6 Å². The van der Waals surface area contributed by atoms with Crippen LogP contribution in [0, 0.1) is 0 Å². The second kappa shape index (κ2) is 6.69. The van der Waals surface area contributed by atoms with Gasteiger partial charge in [0.25, 0.3) is 5.91 Å². The Morgan fingerprint density at radius 1 is 1.17 bits per heavy atom. The average Bonchev–Trinajstić information content (AvgIpc) is 3.12. The molecule has 1 saturated heterocycles. The van der Waals surface area contributed by atoms with Crippen molar-refractivity contribution >= 4 is 16.8 Å². The number of allylic oxidation sites excluding steroid dienone is 1. The predicted molar refractivity (Wildman–Crippen MR) is 112 cm³/mol. The van der Waals surface area contributed by atoms with E-state index in [0.29, 0.717) is 12.1 Å². The Kier molecular flexibility index (Phi) is 4.12. The highest BCUT2D eigenvalue weighted by Gasteiger charge is 2.43. The lowest BCUT2D eigenvalue weighted by Gasteiger charge is -2.43. The quantitative estimate of drug-likeness (QED) is 0.497. The minimum atomic E-state index is -0.156. The van der Waals surface area contributed by atoms with Crippen molar-refractivity contribution in [2.75, 3.05) is 13.7 Å². The number of hydrogen-bond acceptors (Lipinski definition) is 3. The van der Waals surface area contributed by atoms with E-state index < -0.39 is 0 Å². The summed E-state index contributed by atoms with van der Waals surface area (Å²) in [5.41, 5.74) is 5.10. The van der Waals surface area contributed by atoms with E-state index in [9.17, 15) is 9.90 Å². The summed E-state index contributed by atoms with van der Waals surface area (Å²) in [6.07, 6.45) is 1.57. The van der Waals surface area contributed by atoms with Crippen molar-refractivity contribution in [2.24, 2.45) is 0 Å². The first-order valence-electron chi connectivity index (χ1n) is 10.0. The van der Waals surface area contributed by atoms with E-state index in [-0.39, 0.29) is 23.6 Å². The summed E-state index contributed by atoms with van der Waals surface area (Å²) in [5.74, 6) is 0.666. The molecule has 2 N–H and O–H groups in total. The molecule has 5 nitrogen and oxygen atoms in total. The van der Waals surface area contributed by atoms with Gasteiger partial charge in [-0.2, -0.15) is 0 Å². The number of carbonyl (C=O) groups is 1. The molecule has 2 aliphatic heterocycles. The van der Waals surface area contributed by atoms with Crippen molar-refractivity contribution in [3.8, 4) is 5.75 Å². The topological polar surface area (TPSA) is 65.6 Å². The molecule has 29 heavy (non-hydrogen) atoms. The number of aliphatic hydroxyl groups is 1. The molecular formula is C24H24N2O3. The highest BCUT2D eigenvalue weighted by molar-refractivity contribution is 5.97. The van der Waals surface area contributed by atoms with E-state index >= 15 is 0 Å². The summed E-state index contributed by atoms with van der Waals surface area (Å²) in [6, 6.07) is 16.1. The number of fused-ring (bicyclic) bond motifs is 5. The maximum atomic E-state index is 13.4. The molecule has 5 heteroatoms. The van der Waals surface area contributed by atoms with Gasteiger partial charge in [-0.15, -0.1) is 0 Å². The first-order chi connectivity index (χ1) is 14.1. The lowest BCUT2D eigenvalue weighted by Crippen LogP contribution is -2.46. The van der Waals surface area contributed by atoms with Crippen LogP contribution in [0.1, 0.15) is 42.1 Å². The minimum Gasteiger partial charge on any atom is -0.512 e. The van der Waals surface area contributed by atoms with Crippen LogP contribution in [-0.2, 0) is 11.2 Å². The highest BCUT2D eigenvalue weighted by atomic mass is 16.5. The number of H-pyrrole nitrogens is 1. The van der Waals surface area contributed by atoms with Crippen molar-refractivity contribution in [2.45, 2.75) is 31.7 Å². The van der Waals surface area contributed by atoms with Crippen molar-refractivity contribution in [3.05, 3.63) is 76.7 Å². The van der Waals surface area contributed by atoms with Crippen molar-refractivity contribution in [1.29, 1.82) is 0 Å². The zero-order valence-corrected chi connectivity index (χ0v) is 16.6. The molecule has 3 aromatic rings. The third-order valence-electron chi connectivity index (χ3n) is 6.37. The van der Waals surface area contributed by atoms with E-state index in [1.807, 2.05) is 35.2 Å². The van der Waals surface area contributed by atoms with Crippen LogP contribution >= 0.6 is 0 Å². The average molecular weight is 388 g/mol. The van der Waals surface area contributed by atoms with Gasteiger partial charge < -0.3 is 19.7 Å². The van der Waals surface area contributed by atoms with Gasteiger partial charge in [0.15, 0.2) is 0 Å². The van der Waals surface area contributed by atoms with Crippen molar-refractivity contribution in [1.82, 2.24) is 9.88 Å². The number of carbonyl (C=O) groups excluding carboxylic acids is 1. The molecule has 1 aromatic heterocycles. The van der Waals surface area contributed by atoms with Gasteiger partial charge in [-0.05, 0) is 49.1 Å². The molecule has 1 amide bonds. The summed E-state index contributed by atoms with van der Waals surface area (Å²) in [6.45, 7) is 2.28. The molecule has 0 aliphatic carbocycles.